The number of fused-ring (bicyclic) bond motifs is 5. The number of phenols is 2. The number of piperidine rings is 1. The van der Waals surface area contributed by atoms with Crippen LogP contribution in [0.25, 0.3) is 22.2 Å². The quantitative estimate of drug-likeness (QED) is 0.337. The van der Waals surface area contributed by atoms with Crippen LogP contribution in [0.3, 0.4) is 0 Å². The van der Waals surface area contributed by atoms with Crippen LogP contribution < -0.4 is 4.74 Å². The molecule has 7 nitrogen and oxygen atoms in total. The first kappa shape index (κ1) is 22.4. The number of carbonyl (C=O) groups is 2. The first-order valence-electron chi connectivity index (χ1n) is 12.3. The van der Waals surface area contributed by atoms with E-state index >= 15 is 0 Å². The van der Waals surface area contributed by atoms with Crippen molar-refractivity contribution in [3.8, 4) is 28.5 Å². The maximum Gasteiger partial charge on any atom is 0.263 e. The maximum atomic E-state index is 13.8. The maximum absolute atomic E-state index is 13.8. The van der Waals surface area contributed by atoms with Gasteiger partial charge in [0.2, 0.25) is 0 Å². The Labute approximate surface area is 208 Å². The van der Waals surface area contributed by atoms with Gasteiger partial charge in [-0.25, -0.2) is 0 Å². The summed E-state index contributed by atoms with van der Waals surface area (Å²) in [6.07, 6.45) is 3.78. The van der Waals surface area contributed by atoms with E-state index < -0.39 is 0 Å². The molecule has 36 heavy (non-hydrogen) atoms. The van der Waals surface area contributed by atoms with Crippen LogP contribution in [0, 0.1) is 0 Å². The number of ether oxygens (including phenoxy) is 1. The Bertz CT molecular complexity index is 1500. The smallest absolute Gasteiger partial charge is 0.263 e. The van der Waals surface area contributed by atoms with Crippen LogP contribution >= 0.6 is 0 Å². The molecule has 0 amide bonds. The Morgan fingerprint density at radius 2 is 1.58 bits per heavy atom. The van der Waals surface area contributed by atoms with Gasteiger partial charge in [0.1, 0.15) is 23.9 Å². The molecule has 0 spiro atoms. The van der Waals surface area contributed by atoms with E-state index in [2.05, 4.69) is 4.90 Å². The number of ketones is 1. The van der Waals surface area contributed by atoms with Crippen molar-refractivity contribution in [2.24, 2.45) is 0 Å². The van der Waals surface area contributed by atoms with Gasteiger partial charge < -0.3 is 14.9 Å². The van der Waals surface area contributed by atoms with E-state index in [-0.39, 0.29) is 23.2 Å². The molecule has 3 aromatic carbocycles. The first-order valence-corrected chi connectivity index (χ1v) is 12.3. The van der Waals surface area contributed by atoms with Crippen molar-refractivity contribution in [1.82, 2.24) is 9.47 Å². The third-order valence-corrected chi connectivity index (χ3v) is 7.11. The van der Waals surface area contributed by atoms with E-state index in [0.717, 1.165) is 19.6 Å². The zero-order valence-electron chi connectivity index (χ0n) is 19.7. The standard InChI is InChI=1S/C29H26N2O5/c32-19-6-10-22-23(16-19)27-26(24-17-20(33)7-11-25(24)31(27)29(22)35)28(34)18-4-8-21(9-5-18)36-15-14-30-12-2-1-3-13-30/h4-11,16-17,32-33H,1-3,12-15H2. The molecule has 0 aliphatic carbocycles. The molecule has 2 aliphatic rings. The lowest BCUT2D eigenvalue weighted by atomic mass is 9.95. The summed E-state index contributed by atoms with van der Waals surface area (Å²) >= 11 is 0. The van der Waals surface area contributed by atoms with Gasteiger partial charge in [0.15, 0.2) is 5.78 Å². The van der Waals surface area contributed by atoms with E-state index in [1.165, 1.54) is 48.1 Å². The summed E-state index contributed by atoms with van der Waals surface area (Å²) in [6, 6.07) is 16.2. The summed E-state index contributed by atoms with van der Waals surface area (Å²) in [5.41, 5.74) is 2.64. The van der Waals surface area contributed by atoms with Gasteiger partial charge in [0.25, 0.3) is 5.91 Å². The van der Waals surface area contributed by atoms with Crippen molar-refractivity contribution < 1.29 is 24.5 Å². The third kappa shape index (κ3) is 3.72. The average Bonchev–Trinajstić information content (AvgIpc) is 3.36. The van der Waals surface area contributed by atoms with Gasteiger partial charge in [-0.05, 0) is 86.6 Å². The molecular weight excluding hydrogens is 456 g/mol. The fourth-order valence-corrected chi connectivity index (χ4v) is 5.33. The normalized spacial score (nSPS) is 15.2. The second-order valence-corrected chi connectivity index (χ2v) is 9.40. The predicted molar refractivity (Wildman–Crippen MR) is 136 cm³/mol. The average molecular weight is 483 g/mol. The predicted octanol–water partition coefficient (Wildman–Crippen LogP) is 4.82. The molecule has 2 aliphatic heterocycles. The minimum atomic E-state index is -0.275. The monoisotopic (exact) mass is 482 g/mol. The summed E-state index contributed by atoms with van der Waals surface area (Å²) in [6.45, 7) is 3.71. The molecule has 7 heteroatoms. The highest BCUT2D eigenvalue weighted by Gasteiger charge is 2.35. The van der Waals surface area contributed by atoms with Gasteiger partial charge in [0, 0.05) is 28.6 Å². The van der Waals surface area contributed by atoms with Crippen molar-refractivity contribution in [2.75, 3.05) is 26.2 Å². The second kappa shape index (κ2) is 8.84. The van der Waals surface area contributed by atoms with Crippen molar-refractivity contribution in [3.63, 3.8) is 0 Å². The summed E-state index contributed by atoms with van der Waals surface area (Å²) in [4.78, 5) is 29.4. The van der Waals surface area contributed by atoms with Crippen LogP contribution in [-0.4, -0.2) is 57.6 Å². The van der Waals surface area contributed by atoms with E-state index in [1.807, 2.05) is 0 Å². The van der Waals surface area contributed by atoms with Gasteiger partial charge in [0.05, 0.1) is 16.8 Å². The Morgan fingerprint density at radius 3 is 2.36 bits per heavy atom. The Hall–Kier alpha value is -4.10. The molecule has 6 rings (SSSR count). The number of aromatic hydroxyl groups is 2. The van der Waals surface area contributed by atoms with Gasteiger partial charge >= 0.3 is 0 Å². The molecule has 3 heterocycles. The molecule has 0 unspecified atom stereocenters. The molecule has 0 saturated carbocycles. The van der Waals surface area contributed by atoms with E-state index in [9.17, 15) is 19.8 Å². The van der Waals surface area contributed by atoms with E-state index in [1.54, 1.807) is 36.4 Å². The molecule has 182 valence electrons. The highest BCUT2D eigenvalue weighted by molar-refractivity contribution is 6.26. The fraction of sp³-hybridized carbons (Fsp3) is 0.241. The van der Waals surface area contributed by atoms with Gasteiger partial charge in [-0.15, -0.1) is 0 Å². The molecule has 4 aromatic rings. The highest BCUT2D eigenvalue weighted by atomic mass is 16.5. The molecule has 1 saturated heterocycles. The lowest BCUT2D eigenvalue weighted by Gasteiger charge is -2.26. The Morgan fingerprint density at radius 1 is 0.861 bits per heavy atom. The highest BCUT2D eigenvalue weighted by Crippen LogP contribution is 2.43. The minimum absolute atomic E-state index is 0.00172. The number of hydrogen-bond donors (Lipinski definition) is 2. The van der Waals surface area contributed by atoms with Crippen LogP contribution in [0.4, 0.5) is 0 Å². The molecule has 0 atom stereocenters. The number of aromatic nitrogens is 1. The van der Waals surface area contributed by atoms with Crippen molar-refractivity contribution >= 4 is 22.6 Å². The zero-order chi connectivity index (χ0) is 24.8. The third-order valence-electron chi connectivity index (χ3n) is 7.11. The SMILES string of the molecule is O=C(c1ccc(OCCN2CCCCC2)cc1)c1c2n(c3ccc(O)cc13)C(=O)c1ccc(O)cc1-2. The summed E-state index contributed by atoms with van der Waals surface area (Å²) in [5, 5.41) is 20.7. The molecule has 0 bridgehead atoms. The molecular formula is C29H26N2O5. The fourth-order valence-electron chi connectivity index (χ4n) is 5.33. The Balaban J connectivity index is 1.33. The van der Waals surface area contributed by atoms with Crippen molar-refractivity contribution in [2.45, 2.75) is 19.3 Å². The number of nitrogens with zero attached hydrogens (tertiary/aromatic N) is 2. The van der Waals surface area contributed by atoms with E-state index in [4.69, 9.17) is 4.74 Å². The van der Waals surface area contributed by atoms with Crippen molar-refractivity contribution in [3.05, 3.63) is 77.4 Å². The number of likely N-dealkylation sites (tertiary alicyclic amines) is 1. The lowest BCUT2D eigenvalue weighted by molar-refractivity contribution is 0.0973. The number of hydrogen-bond acceptors (Lipinski definition) is 6. The van der Waals surface area contributed by atoms with Gasteiger partial charge in [-0.3, -0.25) is 19.1 Å². The topological polar surface area (TPSA) is 92.0 Å². The molecule has 0 radical (unpaired) electrons. The van der Waals surface area contributed by atoms with E-state index in [0.29, 0.717) is 51.2 Å². The number of benzene rings is 3. The summed E-state index contributed by atoms with van der Waals surface area (Å²) < 4.78 is 7.40. The van der Waals surface area contributed by atoms with Gasteiger partial charge in [-0.1, -0.05) is 6.42 Å². The van der Waals surface area contributed by atoms with Gasteiger partial charge in [-0.2, -0.15) is 0 Å². The number of rotatable bonds is 6. The molecule has 1 aromatic heterocycles. The molecule has 1 fully saturated rings. The minimum Gasteiger partial charge on any atom is -0.508 e. The van der Waals surface area contributed by atoms with Crippen molar-refractivity contribution in [1.29, 1.82) is 0 Å². The first-order chi connectivity index (χ1) is 17.5. The number of carbonyl (C=O) groups excluding carboxylic acids is 2. The molecule has 2 N–H and O–H groups in total. The van der Waals surface area contributed by atoms with Crippen LogP contribution in [0.2, 0.25) is 0 Å². The van der Waals surface area contributed by atoms with Crippen LogP contribution in [0.1, 0.15) is 45.5 Å². The van der Waals surface area contributed by atoms with Crippen LogP contribution in [0.5, 0.6) is 17.2 Å². The zero-order valence-corrected chi connectivity index (χ0v) is 19.7. The summed E-state index contributed by atoms with van der Waals surface area (Å²) in [7, 11) is 0. The lowest BCUT2D eigenvalue weighted by Crippen LogP contribution is -2.33. The summed E-state index contributed by atoms with van der Waals surface area (Å²) in [5.74, 6) is 0.156. The van der Waals surface area contributed by atoms with Crippen LogP contribution in [-0.2, 0) is 0 Å². The Kier molecular flexibility index (Phi) is 5.49. The largest absolute Gasteiger partial charge is 0.508 e. The second-order valence-electron chi connectivity index (χ2n) is 9.40. The van der Waals surface area contributed by atoms with Crippen LogP contribution in [0.15, 0.2) is 60.7 Å². The number of phenolic OH excluding ortho intramolecular Hbond substituents is 2.